The molecule has 0 aliphatic rings. The summed E-state index contributed by atoms with van der Waals surface area (Å²) in [7, 11) is -0.762. The second kappa shape index (κ2) is 6.06. The van der Waals surface area contributed by atoms with Gasteiger partial charge in [-0.15, -0.1) is 11.6 Å². The Hall–Kier alpha value is -0.870. The zero-order valence-electron chi connectivity index (χ0n) is 11.5. The van der Waals surface area contributed by atoms with Crippen molar-refractivity contribution in [1.82, 2.24) is 9.55 Å². The number of imidazole rings is 1. The molecule has 0 amide bonds. The first-order valence-electron chi connectivity index (χ1n) is 6.37. The van der Waals surface area contributed by atoms with Gasteiger partial charge in [0.25, 0.3) is 0 Å². The number of para-hydroxylation sites is 1. The number of fused-ring (bicyclic) bond motifs is 1. The maximum absolute atomic E-state index is 11.3. The van der Waals surface area contributed by atoms with Crippen molar-refractivity contribution in [1.29, 1.82) is 0 Å². The largest absolute Gasteiger partial charge is 0.324 e. The molecule has 1 aromatic carbocycles. The molecule has 5 heteroatoms. The SMILES string of the molecule is Cc1cccc2nc(CCl)n(C(C)CCS(C)=O)c12. The number of aromatic nitrogens is 2. The Kier molecular flexibility index (Phi) is 4.63. The monoisotopic (exact) mass is 298 g/mol. The molecule has 0 aliphatic carbocycles. The fourth-order valence-corrected chi connectivity index (χ4v) is 3.27. The van der Waals surface area contributed by atoms with Crippen molar-refractivity contribution in [2.75, 3.05) is 12.0 Å². The smallest absolute Gasteiger partial charge is 0.125 e. The predicted molar refractivity (Wildman–Crippen MR) is 82.3 cm³/mol. The number of aryl methyl sites for hydroxylation is 1. The second-order valence-electron chi connectivity index (χ2n) is 4.89. The van der Waals surface area contributed by atoms with Crippen molar-refractivity contribution < 1.29 is 4.21 Å². The minimum Gasteiger partial charge on any atom is -0.324 e. The molecule has 2 rings (SSSR count). The van der Waals surface area contributed by atoms with E-state index >= 15 is 0 Å². The van der Waals surface area contributed by atoms with E-state index in [9.17, 15) is 4.21 Å². The summed E-state index contributed by atoms with van der Waals surface area (Å²) >= 11 is 6.02. The highest BCUT2D eigenvalue weighted by Crippen LogP contribution is 2.26. The molecule has 0 bridgehead atoms. The van der Waals surface area contributed by atoms with E-state index in [2.05, 4.69) is 29.5 Å². The normalized spacial score (nSPS) is 14.7. The summed E-state index contributed by atoms with van der Waals surface area (Å²) in [5.41, 5.74) is 3.33. The van der Waals surface area contributed by atoms with E-state index in [0.29, 0.717) is 11.6 Å². The van der Waals surface area contributed by atoms with Gasteiger partial charge in [0, 0.05) is 28.9 Å². The van der Waals surface area contributed by atoms with E-state index in [1.165, 1.54) is 5.56 Å². The first-order valence-corrected chi connectivity index (χ1v) is 8.63. The molecule has 2 unspecified atom stereocenters. The van der Waals surface area contributed by atoms with Gasteiger partial charge in [-0.2, -0.15) is 0 Å². The van der Waals surface area contributed by atoms with E-state index < -0.39 is 10.8 Å². The van der Waals surface area contributed by atoms with Crippen LogP contribution in [-0.2, 0) is 16.7 Å². The molecule has 1 aromatic heterocycles. The average molecular weight is 299 g/mol. The summed E-state index contributed by atoms with van der Waals surface area (Å²) in [4.78, 5) is 4.60. The summed E-state index contributed by atoms with van der Waals surface area (Å²) in [6.45, 7) is 4.22. The van der Waals surface area contributed by atoms with Gasteiger partial charge in [-0.1, -0.05) is 12.1 Å². The zero-order chi connectivity index (χ0) is 14.0. The third-order valence-corrected chi connectivity index (χ3v) is 4.42. The minimum absolute atomic E-state index is 0.253. The predicted octanol–water partition coefficient (Wildman–Crippen LogP) is 3.41. The third-order valence-electron chi connectivity index (χ3n) is 3.37. The highest BCUT2D eigenvalue weighted by Gasteiger charge is 2.16. The zero-order valence-corrected chi connectivity index (χ0v) is 13.1. The summed E-state index contributed by atoms with van der Waals surface area (Å²) in [6, 6.07) is 6.37. The van der Waals surface area contributed by atoms with Crippen LogP contribution in [0.2, 0.25) is 0 Å². The highest BCUT2D eigenvalue weighted by atomic mass is 35.5. The number of halogens is 1. The number of benzene rings is 1. The van der Waals surface area contributed by atoms with E-state index in [0.717, 1.165) is 23.3 Å². The maximum atomic E-state index is 11.3. The molecule has 19 heavy (non-hydrogen) atoms. The Morgan fingerprint density at radius 1 is 1.47 bits per heavy atom. The van der Waals surface area contributed by atoms with Gasteiger partial charge in [-0.25, -0.2) is 4.98 Å². The topological polar surface area (TPSA) is 34.9 Å². The molecule has 2 atom stereocenters. The molecular formula is C14H19ClN2OS. The van der Waals surface area contributed by atoms with Crippen LogP contribution >= 0.6 is 11.6 Å². The molecule has 3 nitrogen and oxygen atoms in total. The molecule has 104 valence electrons. The van der Waals surface area contributed by atoms with E-state index in [4.69, 9.17) is 11.6 Å². The number of hydrogen-bond acceptors (Lipinski definition) is 2. The Labute approximate surface area is 121 Å². The Morgan fingerprint density at radius 3 is 2.84 bits per heavy atom. The quantitative estimate of drug-likeness (QED) is 0.793. The average Bonchev–Trinajstić information content (AvgIpc) is 2.75. The molecule has 0 saturated carbocycles. The van der Waals surface area contributed by atoms with Crippen molar-refractivity contribution >= 4 is 33.4 Å². The fraction of sp³-hybridized carbons (Fsp3) is 0.500. The molecule has 0 radical (unpaired) electrons. The highest BCUT2D eigenvalue weighted by molar-refractivity contribution is 7.84. The fourth-order valence-electron chi connectivity index (χ4n) is 2.40. The van der Waals surface area contributed by atoms with Crippen LogP contribution in [-0.4, -0.2) is 25.8 Å². The van der Waals surface area contributed by atoms with E-state index in [-0.39, 0.29) is 6.04 Å². The summed E-state index contributed by atoms with van der Waals surface area (Å²) in [5, 5.41) is 0. The van der Waals surface area contributed by atoms with Gasteiger partial charge in [-0.3, -0.25) is 4.21 Å². The van der Waals surface area contributed by atoms with Gasteiger partial charge in [0.2, 0.25) is 0 Å². The second-order valence-corrected chi connectivity index (χ2v) is 6.71. The Morgan fingerprint density at radius 2 is 2.21 bits per heavy atom. The molecule has 2 aromatic rings. The van der Waals surface area contributed by atoms with Gasteiger partial charge < -0.3 is 4.57 Å². The van der Waals surface area contributed by atoms with E-state index in [1.54, 1.807) is 6.26 Å². The number of alkyl halides is 1. The first kappa shape index (κ1) is 14.5. The van der Waals surface area contributed by atoms with Crippen molar-refractivity contribution in [3.63, 3.8) is 0 Å². The summed E-state index contributed by atoms with van der Waals surface area (Å²) in [6.07, 6.45) is 2.61. The van der Waals surface area contributed by atoms with Crippen LogP contribution in [0.25, 0.3) is 11.0 Å². The number of hydrogen-bond donors (Lipinski definition) is 0. The first-order chi connectivity index (χ1) is 9.04. The molecule has 0 spiro atoms. The van der Waals surface area contributed by atoms with Gasteiger partial charge in [-0.05, 0) is 31.9 Å². The lowest BCUT2D eigenvalue weighted by molar-refractivity contribution is 0.530. The molecular weight excluding hydrogens is 280 g/mol. The van der Waals surface area contributed by atoms with Gasteiger partial charge in [0.05, 0.1) is 16.9 Å². The van der Waals surface area contributed by atoms with Gasteiger partial charge in [0.15, 0.2) is 0 Å². The van der Waals surface area contributed by atoms with Crippen LogP contribution in [0, 0.1) is 6.92 Å². The van der Waals surface area contributed by atoms with Crippen LogP contribution in [0.3, 0.4) is 0 Å². The molecule has 0 fully saturated rings. The van der Waals surface area contributed by atoms with Crippen molar-refractivity contribution in [2.24, 2.45) is 0 Å². The third kappa shape index (κ3) is 3.00. The maximum Gasteiger partial charge on any atom is 0.125 e. The lowest BCUT2D eigenvalue weighted by Gasteiger charge is -2.17. The van der Waals surface area contributed by atoms with Crippen LogP contribution in [0.1, 0.15) is 30.8 Å². The Balaban J connectivity index is 2.47. The molecule has 0 aliphatic heterocycles. The van der Waals surface area contributed by atoms with Crippen LogP contribution < -0.4 is 0 Å². The van der Waals surface area contributed by atoms with Crippen molar-refractivity contribution in [3.8, 4) is 0 Å². The van der Waals surface area contributed by atoms with Crippen LogP contribution in [0.15, 0.2) is 18.2 Å². The summed E-state index contributed by atoms with van der Waals surface area (Å²) in [5.74, 6) is 1.99. The number of rotatable bonds is 5. The Bertz CT molecular complexity index is 609. The number of nitrogens with zero attached hydrogens (tertiary/aromatic N) is 2. The van der Waals surface area contributed by atoms with E-state index in [1.807, 2.05) is 12.1 Å². The molecule has 1 heterocycles. The van der Waals surface area contributed by atoms with Crippen LogP contribution in [0.4, 0.5) is 0 Å². The van der Waals surface area contributed by atoms with Crippen molar-refractivity contribution in [3.05, 3.63) is 29.6 Å². The van der Waals surface area contributed by atoms with Crippen molar-refractivity contribution in [2.45, 2.75) is 32.2 Å². The lowest BCUT2D eigenvalue weighted by Crippen LogP contribution is -2.12. The van der Waals surface area contributed by atoms with Crippen LogP contribution in [0.5, 0.6) is 0 Å². The van der Waals surface area contributed by atoms with Gasteiger partial charge >= 0.3 is 0 Å². The lowest BCUT2D eigenvalue weighted by atomic mass is 10.2. The standard InChI is InChI=1S/C14H19ClN2OS/c1-10-5-4-6-12-14(10)17(13(9-15)16-12)11(2)7-8-19(3)18/h4-6,11H,7-9H2,1-3H3. The minimum atomic E-state index is -0.762. The molecule has 0 saturated heterocycles. The summed E-state index contributed by atoms with van der Waals surface area (Å²) < 4.78 is 13.5. The van der Waals surface area contributed by atoms with Gasteiger partial charge in [0.1, 0.15) is 5.82 Å². The molecule has 0 N–H and O–H groups in total.